The molecule has 0 amide bonds. The molecule has 180 valence electrons. The highest BCUT2D eigenvalue weighted by Gasteiger charge is 2.20. The molecule has 0 unspecified atom stereocenters. The SMILES string of the molecule is CCCOCn1nc(C(=O)OC)nc1-c1cn(Cc2ccc3ccc4cccc5ccc2c3c45)nn1. The van der Waals surface area contributed by atoms with Crippen molar-refractivity contribution in [1.29, 1.82) is 0 Å². The first-order chi connectivity index (χ1) is 17.7. The van der Waals surface area contributed by atoms with Gasteiger partial charge >= 0.3 is 5.97 Å². The molecule has 0 aliphatic carbocycles. The first-order valence-corrected chi connectivity index (χ1v) is 11.8. The van der Waals surface area contributed by atoms with E-state index in [4.69, 9.17) is 9.47 Å². The van der Waals surface area contributed by atoms with Crippen LogP contribution in [-0.2, 0) is 22.7 Å². The van der Waals surface area contributed by atoms with Gasteiger partial charge in [0.05, 0.1) is 19.9 Å². The van der Waals surface area contributed by atoms with Crippen LogP contribution in [0.2, 0.25) is 0 Å². The van der Waals surface area contributed by atoms with E-state index in [0.29, 0.717) is 24.7 Å². The van der Waals surface area contributed by atoms with Crippen molar-refractivity contribution in [3.63, 3.8) is 0 Å². The van der Waals surface area contributed by atoms with E-state index in [-0.39, 0.29) is 12.6 Å². The second-order valence-electron chi connectivity index (χ2n) is 8.67. The Morgan fingerprint density at radius 3 is 2.50 bits per heavy atom. The topological polar surface area (TPSA) is 97.0 Å². The maximum Gasteiger partial charge on any atom is 0.377 e. The minimum absolute atomic E-state index is 0.0473. The first kappa shape index (κ1) is 22.1. The lowest BCUT2D eigenvalue weighted by Crippen LogP contribution is -2.09. The lowest BCUT2D eigenvalue weighted by atomic mass is 9.92. The molecule has 0 fully saturated rings. The van der Waals surface area contributed by atoms with Gasteiger partial charge in [-0.1, -0.05) is 66.7 Å². The van der Waals surface area contributed by atoms with Gasteiger partial charge in [-0.05, 0) is 44.3 Å². The number of carbonyl (C=O) groups excluding carboxylic acids is 1. The van der Waals surface area contributed by atoms with E-state index in [1.54, 1.807) is 10.9 Å². The molecule has 0 aliphatic rings. The van der Waals surface area contributed by atoms with Crippen LogP contribution in [0.15, 0.2) is 60.8 Å². The van der Waals surface area contributed by atoms with Crippen LogP contribution in [-0.4, -0.2) is 49.4 Å². The Balaban J connectivity index is 1.36. The Kier molecular flexibility index (Phi) is 5.54. The number of ether oxygens (including phenoxy) is 2. The molecule has 2 aromatic heterocycles. The van der Waals surface area contributed by atoms with Gasteiger partial charge in [-0.15, -0.1) is 10.2 Å². The molecule has 9 heteroatoms. The van der Waals surface area contributed by atoms with Crippen molar-refractivity contribution in [2.75, 3.05) is 13.7 Å². The molecule has 0 radical (unpaired) electrons. The average Bonchev–Trinajstić information content (AvgIpc) is 3.55. The standard InChI is InChI=1S/C27H24N6O3/c1-3-13-36-16-33-26(28-25(30-33)27(34)35-2)22-15-32(31-29-22)14-20-10-9-19-8-7-17-5-4-6-18-11-12-21(20)24(19)23(17)18/h4-12,15H,3,13-14,16H2,1-2H3. The van der Waals surface area contributed by atoms with Crippen molar-refractivity contribution in [1.82, 2.24) is 29.8 Å². The molecule has 0 saturated heterocycles. The van der Waals surface area contributed by atoms with Crippen molar-refractivity contribution >= 4 is 38.3 Å². The molecule has 6 rings (SSSR count). The number of methoxy groups -OCH3 is 1. The van der Waals surface area contributed by atoms with Crippen molar-refractivity contribution in [3.05, 3.63) is 72.2 Å². The third-order valence-corrected chi connectivity index (χ3v) is 6.32. The summed E-state index contributed by atoms with van der Waals surface area (Å²) in [5, 5.41) is 20.3. The molecule has 6 aromatic rings. The molecular formula is C27H24N6O3. The van der Waals surface area contributed by atoms with E-state index in [9.17, 15) is 4.79 Å². The zero-order valence-electron chi connectivity index (χ0n) is 20.0. The van der Waals surface area contributed by atoms with E-state index < -0.39 is 5.97 Å². The van der Waals surface area contributed by atoms with Crippen LogP contribution in [0, 0.1) is 0 Å². The van der Waals surface area contributed by atoms with Gasteiger partial charge in [0.2, 0.25) is 0 Å². The lowest BCUT2D eigenvalue weighted by molar-refractivity contribution is 0.0572. The van der Waals surface area contributed by atoms with E-state index in [0.717, 1.165) is 12.0 Å². The Hall–Kier alpha value is -4.37. The fourth-order valence-corrected chi connectivity index (χ4v) is 4.68. The molecule has 0 bridgehead atoms. The van der Waals surface area contributed by atoms with Crippen LogP contribution in [0.1, 0.15) is 29.5 Å². The van der Waals surface area contributed by atoms with Crippen molar-refractivity contribution < 1.29 is 14.3 Å². The molecule has 2 heterocycles. The quantitative estimate of drug-likeness (QED) is 0.178. The first-order valence-electron chi connectivity index (χ1n) is 11.8. The van der Waals surface area contributed by atoms with Gasteiger partial charge in [0.15, 0.2) is 5.82 Å². The summed E-state index contributed by atoms with van der Waals surface area (Å²) in [4.78, 5) is 16.4. The molecule has 0 N–H and O–H groups in total. The van der Waals surface area contributed by atoms with Gasteiger partial charge in [0.1, 0.15) is 12.4 Å². The van der Waals surface area contributed by atoms with Crippen LogP contribution in [0.3, 0.4) is 0 Å². The van der Waals surface area contributed by atoms with Crippen molar-refractivity contribution in [3.8, 4) is 11.5 Å². The summed E-state index contributed by atoms with van der Waals surface area (Å²) in [7, 11) is 1.29. The van der Waals surface area contributed by atoms with E-state index in [1.807, 2.05) is 6.92 Å². The largest absolute Gasteiger partial charge is 0.463 e. The predicted octanol–water partition coefficient (Wildman–Crippen LogP) is 4.65. The number of aromatic nitrogens is 6. The molecule has 9 nitrogen and oxygen atoms in total. The van der Waals surface area contributed by atoms with Crippen LogP contribution >= 0.6 is 0 Å². The second kappa shape index (κ2) is 9.01. The number of esters is 1. The van der Waals surface area contributed by atoms with Gasteiger partial charge in [0, 0.05) is 6.61 Å². The maximum absolute atomic E-state index is 12.0. The average molecular weight is 481 g/mol. The molecule has 0 atom stereocenters. The van der Waals surface area contributed by atoms with Crippen LogP contribution < -0.4 is 0 Å². The highest BCUT2D eigenvalue weighted by molar-refractivity contribution is 6.23. The highest BCUT2D eigenvalue weighted by Crippen LogP contribution is 2.36. The number of hydrogen-bond donors (Lipinski definition) is 0. The van der Waals surface area contributed by atoms with Crippen LogP contribution in [0.25, 0.3) is 43.8 Å². The summed E-state index contributed by atoms with van der Waals surface area (Å²) >= 11 is 0. The highest BCUT2D eigenvalue weighted by atomic mass is 16.5. The van der Waals surface area contributed by atoms with Crippen LogP contribution in [0.4, 0.5) is 0 Å². The monoisotopic (exact) mass is 480 g/mol. The molecule has 36 heavy (non-hydrogen) atoms. The lowest BCUT2D eigenvalue weighted by Gasteiger charge is -2.13. The number of rotatable bonds is 8. The van der Waals surface area contributed by atoms with Gasteiger partial charge < -0.3 is 9.47 Å². The Labute approximate surface area is 206 Å². The van der Waals surface area contributed by atoms with Crippen molar-refractivity contribution in [2.24, 2.45) is 0 Å². The van der Waals surface area contributed by atoms with E-state index in [2.05, 4.69) is 75.0 Å². The van der Waals surface area contributed by atoms with Crippen LogP contribution in [0.5, 0.6) is 0 Å². The van der Waals surface area contributed by atoms with Gasteiger partial charge in [-0.3, -0.25) is 0 Å². The zero-order valence-corrected chi connectivity index (χ0v) is 20.0. The van der Waals surface area contributed by atoms with Gasteiger partial charge in [-0.2, -0.15) is 4.98 Å². The van der Waals surface area contributed by atoms with Crippen molar-refractivity contribution in [2.45, 2.75) is 26.6 Å². The van der Waals surface area contributed by atoms with E-state index in [1.165, 1.54) is 44.1 Å². The zero-order chi connectivity index (χ0) is 24.6. The second-order valence-corrected chi connectivity index (χ2v) is 8.67. The fraction of sp³-hybridized carbons (Fsp3) is 0.222. The molecule has 4 aromatic carbocycles. The molecule has 0 saturated carbocycles. The summed E-state index contributed by atoms with van der Waals surface area (Å²) in [6.07, 6.45) is 2.67. The normalized spacial score (nSPS) is 11.7. The molecule has 0 spiro atoms. The third-order valence-electron chi connectivity index (χ3n) is 6.32. The number of benzene rings is 4. The van der Waals surface area contributed by atoms with Gasteiger partial charge in [-0.25, -0.2) is 14.2 Å². The van der Waals surface area contributed by atoms with E-state index >= 15 is 0 Å². The minimum Gasteiger partial charge on any atom is -0.463 e. The fourth-order valence-electron chi connectivity index (χ4n) is 4.68. The summed E-state index contributed by atoms with van der Waals surface area (Å²) in [5.74, 6) is -0.270. The Bertz CT molecular complexity index is 1690. The Morgan fingerprint density at radius 1 is 0.972 bits per heavy atom. The smallest absolute Gasteiger partial charge is 0.377 e. The minimum atomic E-state index is -0.619. The summed E-state index contributed by atoms with van der Waals surface area (Å²) < 4.78 is 13.7. The van der Waals surface area contributed by atoms with Gasteiger partial charge in [0.25, 0.3) is 5.82 Å². The molecule has 0 aliphatic heterocycles. The number of nitrogens with zero attached hydrogens (tertiary/aromatic N) is 6. The maximum atomic E-state index is 12.0. The number of carbonyl (C=O) groups is 1. The third kappa shape index (κ3) is 3.74. The summed E-state index contributed by atoms with van der Waals surface area (Å²) in [5.41, 5.74) is 1.63. The molecular weight excluding hydrogens is 456 g/mol. The number of hydrogen-bond acceptors (Lipinski definition) is 7. The summed E-state index contributed by atoms with van der Waals surface area (Å²) in [6.45, 7) is 3.27. The Morgan fingerprint density at radius 2 is 1.72 bits per heavy atom. The summed E-state index contributed by atoms with van der Waals surface area (Å²) in [6, 6.07) is 19.4. The predicted molar refractivity (Wildman–Crippen MR) is 136 cm³/mol.